The van der Waals surface area contributed by atoms with Gasteiger partial charge >= 0.3 is 0 Å². The van der Waals surface area contributed by atoms with Crippen LogP contribution in [-0.2, 0) is 22.9 Å². The van der Waals surface area contributed by atoms with Crippen molar-refractivity contribution in [3.05, 3.63) is 65.0 Å². The molecule has 0 amide bonds. The molecule has 24 heavy (non-hydrogen) atoms. The zero-order valence-corrected chi connectivity index (χ0v) is 14.2. The van der Waals surface area contributed by atoms with Crippen LogP contribution < -0.4 is 0 Å². The van der Waals surface area contributed by atoms with Crippen LogP contribution in [0.2, 0.25) is 0 Å². The van der Waals surface area contributed by atoms with E-state index in [1.807, 2.05) is 12.1 Å². The first-order chi connectivity index (χ1) is 11.6. The molecule has 0 bridgehead atoms. The van der Waals surface area contributed by atoms with Gasteiger partial charge < -0.3 is 0 Å². The van der Waals surface area contributed by atoms with Crippen molar-refractivity contribution in [2.75, 3.05) is 6.54 Å². The van der Waals surface area contributed by atoms with Crippen LogP contribution in [0.15, 0.2) is 47.4 Å². The zero-order valence-electron chi connectivity index (χ0n) is 13.4. The standard InChI is InChI=1S/C19H20FNO2S/c20-17-9-6-15(7-10-17)19-5-2-12-21(19)24(22,23)18-11-8-14-3-1-4-16(14)13-18/h6-11,13,19H,1-5,12H2. The predicted molar refractivity (Wildman–Crippen MR) is 90.7 cm³/mol. The highest BCUT2D eigenvalue weighted by Crippen LogP contribution is 2.37. The minimum atomic E-state index is -3.53. The molecule has 1 aliphatic heterocycles. The number of hydrogen-bond acceptors (Lipinski definition) is 2. The fraction of sp³-hybridized carbons (Fsp3) is 0.368. The van der Waals surface area contributed by atoms with Crippen molar-refractivity contribution in [2.45, 2.75) is 43.0 Å². The first-order valence-electron chi connectivity index (χ1n) is 8.45. The topological polar surface area (TPSA) is 37.4 Å². The van der Waals surface area contributed by atoms with Gasteiger partial charge in [-0.3, -0.25) is 0 Å². The van der Waals surface area contributed by atoms with Gasteiger partial charge in [-0.2, -0.15) is 4.31 Å². The minimum absolute atomic E-state index is 0.205. The quantitative estimate of drug-likeness (QED) is 0.847. The summed E-state index contributed by atoms with van der Waals surface area (Å²) < 4.78 is 41.0. The van der Waals surface area contributed by atoms with E-state index in [0.29, 0.717) is 11.4 Å². The van der Waals surface area contributed by atoms with E-state index in [4.69, 9.17) is 0 Å². The molecule has 2 aromatic carbocycles. The number of aryl methyl sites for hydroxylation is 2. The third kappa shape index (κ3) is 2.66. The molecule has 4 rings (SSSR count). The van der Waals surface area contributed by atoms with Gasteiger partial charge in [0.1, 0.15) is 5.82 Å². The molecule has 2 aliphatic rings. The summed E-state index contributed by atoms with van der Waals surface area (Å²) in [6.45, 7) is 0.515. The third-order valence-corrected chi connectivity index (χ3v) is 7.04. The molecule has 1 unspecified atom stereocenters. The maximum absolute atomic E-state index is 13.2. The highest BCUT2D eigenvalue weighted by molar-refractivity contribution is 7.89. The zero-order chi connectivity index (χ0) is 16.7. The molecular weight excluding hydrogens is 325 g/mol. The van der Waals surface area contributed by atoms with Crippen molar-refractivity contribution in [1.82, 2.24) is 4.31 Å². The molecule has 0 saturated carbocycles. The Kier molecular flexibility index (Phi) is 3.93. The second kappa shape index (κ2) is 5.97. The van der Waals surface area contributed by atoms with Crippen molar-refractivity contribution < 1.29 is 12.8 Å². The number of rotatable bonds is 3. The summed E-state index contributed by atoms with van der Waals surface area (Å²) >= 11 is 0. The number of halogens is 1. The maximum atomic E-state index is 13.2. The Labute approximate surface area is 142 Å². The third-order valence-electron chi connectivity index (χ3n) is 5.14. The lowest BCUT2D eigenvalue weighted by molar-refractivity contribution is 0.396. The number of benzene rings is 2. The lowest BCUT2D eigenvalue weighted by Crippen LogP contribution is -2.30. The fourth-order valence-electron chi connectivity index (χ4n) is 3.89. The summed E-state index contributed by atoms with van der Waals surface area (Å²) in [7, 11) is -3.53. The maximum Gasteiger partial charge on any atom is 0.243 e. The summed E-state index contributed by atoms with van der Waals surface area (Å²) in [5.41, 5.74) is 3.29. The van der Waals surface area contributed by atoms with Crippen molar-refractivity contribution in [2.24, 2.45) is 0 Å². The van der Waals surface area contributed by atoms with E-state index in [0.717, 1.165) is 43.2 Å². The van der Waals surface area contributed by atoms with Gasteiger partial charge in [-0.25, -0.2) is 12.8 Å². The number of sulfonamides is 1. The van der Waals surface area contributed by atoms with Gasteiger partial charge in [0.05, 0.1) is 10.9 Å². The second-order valence-electron chi connectivity index (χ2n) is 6.61. The fourth-order valence-corrected chi connectivity index (χ4v) is 5.62. The Morgan fingerprint density at radius 1 is 0.958 bits per heavy atom. The molecule has 1 aliphatic carbocycles. The smallest absolute Gasteiger partial charge is 0.207 e. The lowest BCUT2D eigenvalue weighted by Gasteiger charge is -2.24. The summed E-state index contributed by atoms with van der Waals surface area (Å²) in [6, 6.07) is 11.5. The monoisotopic (exact) mass is 345 g/mol. The molecule has 0 spiro atoms. The van der Waals surface area contributed by atoms with Crippen LogP contribution in [0.25, 0.3) is 0 Å². The van der Waals surface area contributed by atoms with Crippen LogP contribution in [0.4, 0.5) is 4.39 Å². The molecule has 1 saturated heterocycles. The van der Waals surface area contributed by atoms with Gasteiger partial charge in [-0.05, 0) is 73.1 Å². The molecule has 0 aromatic heterocycles. The average Bonchev–Trinajstić information content (AvgIpc) is 3.24. The van der Waals surface area contributed by atoms with E-state index < -0.39 is 10.0 Å². The molecule has 1 heterocycles. The van der Waals surface area contributed by atoms with E-state index in [2.05, 4.69) is 0 Å². The van der Waals surface area contributed by atoms with Crippen molar-refractivity contribution in [1.29, 1.82) is 0 Å². The molecule has 1 atom stereocenters. The van der Waals surface area contributed by atoms with Gasteiger partial charge in [0.15, 0.2) is 0 Å². The van der Waals surface area contributed by atoms with Gasteiger partial charge in [-0.1, -0.05) is 18.2 Å². The molecule has 1 fully saturated rings. The van der Waals surface area contributed by atoms with Crippen LogP contribution in [0, 0.1) is 5.82 Å². The molecule has 3 nitrogen and oxygen atoms in total. The van der Waals surface area contributed by atoms with Crippen LogP contribution in [0.1, 0.15) is 42.0 Å². The summed E-state index contributed by atoms with van der Waals surface area (Å²) in [5, 5.41) is 0. The summed E-state index contributed by atoms with van der Waals surface area (Å²) in [5.74, 6) is -0.301. The van der Waals surface area contributed by atoms with E-state index >= 15 is 0 Å². The normalized spacial score (nSPS) is 21.1. The highest BCUT2D eigenvalue weighted by atomic mass is 32.2. The summed E-state index contributed by atoms with van der Waals surface area (Å²) in [6.07, 6.45) is 4.69. The van der Waals surface area contributed by atoms with E-state index in [-0.39, 0.29) is 11.9 Å². The average molecular weight is 345 g/mol. The van der Waals surface area contributed by atoms with Gasteiger partial charge in [0.25, 0.3) is 0 Å². The van der Waals surface area contributed by atoms with E-state index in [1.165, 1.54) is 17.7 Å². The Hall–Kier alpha value is -1.72. The Balaban J connectivity index is 1.69. The van der Waals surface area contributed by atoms with Crippen LogP contribution >= 0.6 is 0 Å². The summed E-state index contributed by atoms with van der Waals surface area (Å²) in [4.78, 5) is 0.386. The Morgan fingerprint density at radius 2 is 1.71 bits per heavy atom. The lowest BCUT2D eigenvalue weighted by atomic mass is 10.1. The largest absolute Gasteiger partial charge is 0.243 e. The van der Waals surface area contributed by atoms with Crippen molar-refractivity contribution in [3.63, 3.8) is 0 Å². The highest BCUT2D eigenvalue weighted by Gasteiger charge is 2.36. The number of nitrogens with zero attached hydrogens (tertiary/aromatic N) is 1. The van der Waals surface area contributed by atoms with Crippen LogP contribution in [-0.4, -0.2) is 19.3 Å². The predicted octanol–water partition coefficient (Wildman–Crippen LogP) is 3.84. The van der Waals surface area contributed by atoms with Gasteiger partial charge in [0.2, 0.25) is 10.0 Å². The van der Waals surface area contributed by atoms with Crippen LogP contribution in [0.3, 0.4) is 0 Å². The molecule has 5 heteroatoms. The molecule has 0 radical (unpaired) electrons. The molecule has 2 aromatic rings. The molecule has 126 valence electrons. The van der Waals surface area contributed by atoms with Crippen molar-refractivity contribution in [3.8, 4) is 0 Å². The minimum Gasteiger partial charge on any atom is -0.207 e. The first kappa shape index (κ1) is 15.8. The SMILES string of the molecule is O=S(=O)(c1ccc2c(c1)CCC2)N1CCCC1c1ccc(F)cc1. The second-order valence-corrected chi connectivity index (χ2v) is 8.50. The number of hydrogen-bond donors (Lipinski definition) is 0. The molecular formula is C19H20FNO2S. The van der Waals surface area contributed by atoms with E-state index in [1.54, 1.807) is 22.5 Å². The van der Waals surface area contributed by atoms with Gasteiger partial charge in [-0.15, -0.1) is 0 Å². The Bertz CT molecular complexity index is 861. The van der Waals surface area contributed by atoms with Crippen molar-refractivity contribution >= 4 is 10.0 Å². The van der Waals surface area contributed by atoms with E-state index in [9.17, 15) is 12.8 Å². The van der Waals surface area contributed by atoms with Gasteiger partial charge in [0, 0.05) is 6.54 Å². The van der Waals surface area contributed by atoms with Crippen LogP contribution in [0.5, 0.6) is 0 Å². The number of fused-ring (bicyclic) bond motifs is 1. The molecule has 0 N–H and O–H groups in total. The first-order valence-corrected chi connectivity index (χ1v) is 9.89. The Morgan fingerprint density at radius 3 is 2.50 bits per heavy atom.